The molecule has 0 bridgehead atoms. The molecule has 0 unspecified atom stereocenters. The van der Waals surface area contributed by atoms with Crippen LogP contribution in [0.2, 0.25) is 0 Å². The maximum Gasteiger partial charge on any atom is 0.222 e. The zero-order valence-corrected chi connectivity index (χ0v) is 15.6. The van der Waals surface area contributed by atoms with E-state index in [-0.39, 0.29) is 11.7 Å². The van der Waals surface area contributed by atoms with Crippen LogP contribution in [-0.4, -0.2) is 38.6 Å². The highest BCUT2D eigenvalue weighted by Gasteiger charge is 2.27. The Morgan fingerprint density at radius 1 is 1.31 bits per heavy atom. The van der Waals surface area contributed by atoms with Crippen molar-refractivity contribution in [2.45, 2.75) is 57.9 Å². The predicted octanol–water partition coefficient (Wildman–Crippen LogP) is 3.73. The standard InChI is InChI=1S/C21H29N3O2/c1-2-3-13-23-15-12-22-21(23)18-5-4-14-24(16-18)20(26)11-8-17-6-9-19(25)10-7-17/h6-7,9-10,12,15,18,25H,2-5,8,11,13-14,16H2,1H3/t18-/m1/s1. The summed E-state index contributed by atoms with van der Waals surface area (Å²) in [7, 11) is 0. The number of imidazole rings is 1. The number of nitrogens with zero attached hydrogens (tertiary/aromatic N) is 3. The van der Waals surface area contributed by atoms with Crippen LogP contribution in [0.25, 0.3) is 0 Å². The predicted molar refractivity (Wildman–Crippen MR) is 102 cm³/mol. The number of likely N-dealkylation sites (tertiary alicyclic amines) is 1. The number of phenols is 1. The summed E-state index contributed by atoms with van der Waals surface area (Å²) in [6.45, 7) is 4.83. The largest absolute Gasteiger partial charge is 0.508 e. The topological polar surface area (TPSA) is 58.4 Å². The third-order valence-corrected chi connectivity index (χ3v) is 5.20. The van der Waals surface area contributed by atoms with Crippen molar-refractivity contribution in [3.63, 3.8) is 0 Å². The fraction of sp³-hybridized carbons (Fsp3) is 0.524. The van der Waals surface area contributed by atoms with E-state index < -0.39 is 0 Å². The number of hydrogen-bond acceptors (Lipinski definition) is 3. The van der Waals surface area contributed by atoms with Gasteiger partial charge in [0.1, 0.15) is 11.6 Å². The molecule has 1 atom stereocenters. The van der Waals surface area contributed by atoms with E-state index in [1.165, 1.54) is 6.42 Å². The molecule has 1 aromatic heterocycles. The molecule has 140 valence electrons. The summed E-state index contributed by atoms with van der Waals surface area (Å²) in [5, 5.41) is 9.35. The minimum atomic E-state index is 0.217. The molecule has 2 aromatic rings. The number of rotatable bonds is 7. The summed E-state index contributed by atoms with van der Waals surface area (Å²) < 4.78 is 2.26. The number of carbonyl (C=O) groups excluding carboxylic acids is 1. The zero-order chi connectivity index (χ0) is 18.4. The molecule has 0 radical (unpaired) electrons. The first-order chi connectivity index (χ1) is 12.7. The van der Waals surface area contributed by atoms with Crippen LogP contribution < -0.4 is 0 Å². The van der Waals surface area contributed by atoms with Crippen molar-refractivity contribution in [3.05, 3.63) is 48.0 Å². The Labute approximate surface area is 155 Å². The number of aromatic nitrogens is 2. The van der Waals surface area contributed by atoms with Gasteiger partial charge in [0, 0.05) is 44.4 Å². The number of hydrogen-bond donors (Lipinski definition) is 1. The second kappa shape index (κ2) is 8.88. The Kier molecular flexibility index (Phi) is 6.31. The molecule has 1 saturated heterocycles. The van der Waals surface area contributed by atoms with E-state index in [0.717, 1.165) is 50.3 Å². The van der Waals surface area contributed by atoms with E-state index in [4.69, 9.17) is 0 Å². The van der Waals surface area contributed by atoms with Crippen molar-refractivity contribution < 1.29 is 9.90 Å². The first-order valence-corrected chi connectivity index (χ1v) is 9.74. The molecule has 3 rings (SSSR count). The lowest BCUT2D eigenvalue weighted by molar-refractivity contribution is -0.132. The van der Waals surface area contributed by atoms with Gasteiger partial charge in [-0.25, -0.2) is 4.98 Å². The van der Waals surface area contributed by atoms with E-state index in [0.29, 0.717) is 18.8 Å². The van der Waals surface area contributed by atoms with Crippen molar-refractivity contribution in [1.29, 1.82) is 0 Å². The minimum absolute atomic E-state index is 0.217. The smallest absolute Gasteiger partial charge is 0.222 e. The van der Waals surface area contributed by atoms with Gasteiger partial charge < -0.3 is 14.6 Å². The van der Waals surface area contributed by atoms with Crippen molar-refractivity contribution in [1.82, 2.24) is 14.5 Å². The summed E-state index contributed by atoms with van der Waals surface area (Å²) in [5.41, 5.74) is 1.08. The SMILES string of the molecule is CCCCn1ccnc1[C@@H]1CCCN(C(=O)CCc2ccc(O)cc2)C1. The van der Waals surface area contributed by atoms with Crippen molar-refractivity contribution in [2.75, 3.05) is 13.1 Å². The Morgan fingerprint density at radius 2 is 2.12 bits per heavy atom. The van der Waals surface area contributed by atoms with Crippen LogP contribution in [0.3, 0.4) is 0 Å². The number of unbranched alkanes of at least 4 members (excludes halogenated alkanes) is 1. The summed E-state index contributed by atoms with van der Waals surface area (Å²) in [6, 6.07) is 7.11. The molecular weight excluding hydrogens is 326 g/mol. The van der Waals surface area contributed by atoms with Gasteiger partial charge in [0.25, 0.3) is 0 Å². The third-order valence-electron chi connectivity index (χ3n) is 5.20. The molecule has 1 aliphatic rings. The van der Waals surface area contributed by atoms with Crippen molar-refractivity contribution in [3.8, 4) is 5.75 Å². The van der Waals surface area contributed by atoms with Crippen LogP contribution >= 0.6 is 0 Å². The molecule has 0 spiro atoms. The molecule has 5 nitrogen and oxygen atoms in total. The van der Waals surface area contributed by atoms with E-state index in [9.17, 15) is 9.90 Å². The highest BCUT2D eigenvalue weighted by Crippen LogP contribution is 2.26. The van der Waals surface area contributed by atoms with Crippen LogP contribution in [0.5, 0.6) is 5.75 Å². The highest BCUT2D eigenvalue weighted by molar-refractivity contribution is 5.76. The lowest BCUT2D eigenvalue weighted by Gasteiger charge is -2.33. The summed E-state index contributed by atoms with van der Waals surface area (Å²) in [4.78, 5) is 19.3. The number of piperidine rings is 1. The third kappa shape index (κ3) is 4.65. The number of benzene rings is 1. The molecule has 1 aliphatic heterocycles. The molecule has 1 amide bonds. The van der Waals surface area contributed by atoms with E-state index >= 15 is 0 Å². The zero-order valence-electron chi connectivity index (χ0n) is 15.6. The Bertz CT molecular complexity index is 708. The van der Waals surface area contributed by atoms with Gasteiger partial charge in [-0.15, -0.1) is 0 Å². The maximum atomic E-state index is 12.7. The average molecular weight is 355 g/mol. The quantitative estimate of drug-likeness (QED) is 0.823. The second-order valence-electron chi connectivity index (χ2n) is 7.18. The number of amides is 1. The van der Waals surface area contributed by atoms with Gasteiger partial charge in [-0.05, 0) is 43.4 Å². The van der Waals surface area contributed by atoms with Gasteiger partial charge >= 0.3 is 0 Å². The van der Waals surface area contributed by atoms with Crippen LogP contribution in [0, 0.1) is 0 Å². The van der Waals surface area contributed by atoms with E-state index in [1.54, 1.807) is 12.1 Å². The van der Waals surface area contributed by atoms with Crippen molar-refractivity contribution >= 4 is 5.91 Å². The summed E-state index contributed by atoms with van der Waals surface area (Å²) in [5.74, 6) is 1.95. The summed E-state index contributed by atoms with van der Waals surface area (Å²) >= 11 is 0. The van der Waals surface area contributed by atoms with Crippen LogP contribution in [0.1, 0.15) is 56.3 Å². The lowest BCUT2D eigenvalue weighted by Crippen LogP contribution is -2.39. The lowest BCUT2D eigenvalue weighted by atomic mass is 9.96. The molecule has 2 heterocycles. The van der Waals surface area contributed by atoms with Gasteiger partial charge in [0.05, 0.1) is 0 Å². The second-order valence-corrected chi connectivity index (χ2v) is 7.18. The van der Waals surface area contributed by atoms with Gasteiger partial charge in [-0.2, -0.15) is 0 Å². The van der Waals surface area contributed by atoms with E-state index in [1.807, 2.05) is 23.2 Å². The number of aryl methyl sites for hydroxylation is 2. The van der Waals surface area contributed by atoms with Crippen LogP contribution in [0.15, 0.2) is 36.7 Å². The van der Waals surface area contributed by atoms with Crippen LogP contribution in [0.4, 0.5) is 0 Å². The fourth-order valence-corrected chi connectivity index (χ4v) is 3.68. The van der Waals surface area contributed by atoms with Gasteiger partial charge in [0.15, 0.2) is 0 Å². The number of aromatic hydroxyl groups is 1. The van der Waals surface area contributed by atoms with Crippen molar-refractivity contribution in [2.24, 2.45) is 0 Å². The molecule has 0 saturated carbocycles. The molecule has 1 N–H and O–H groups in total. The Balaban J connectivity index is 1.56. The summed E-state index contributed by atoms with van der Waals surface area (Å²) in [6.07, 6.45) is 9.65. The molecule has 1 aromatic carbocycles. The van der Waals surface area contributed by atoms with Gasteiger partial charge in [0.2, 0.25) is 5.91 Å². The first-order valence-electron chi connectivity index (χ1n) is 9.74. The normalized spacial score (nSPS) is 17.4. The highest BCUT2D eigenvalue weighted by atomic mass is 16.3. The molecule has 5 heteroatoms. The monoisotopic (exact) mass is 355 g/mol. The molecular formula is C21H29N3O2. The Hall–Kier alpha value is -2.30. The van der Waals surface area contributed by atoms with Gasteiger partial charge in [-0.3, -0.25) is 4.79 Å². The van der Waals surface area contributed by atoms with E-state index in [2.05, 4.69) is 22.7 Å². The maximum absolute atomic E-state index is 12.7. The van der Waals surface area contributed by atoms with Gasteiger partial charge in [-0.1, -0.05) is 25.5 Å². The number of carbonyl (C=O) groups is 1. The minimum Gasteiger partial charge on any atom is -0.508 e. The molecule has 0 aliphatic carbocycles. The molecule has 1 fully saturated rings. The first kappa shape index (κ1) is 18.5. The van der Waals surface area contributed by atoms with Crippen LogP contribution in [-0.2, 0) is 17.8 Å². The fourth-order valence-electron chi connectivity index (χ4n) is 3.68. The Morgan fingerprint density at radius 3 is 2.88 bits per heavy atom. The molecule has 26 heavy (non-hydrogen) atoms. The number of phenolic OH excluding ortho intramolecular Hbond substituents is 1. The average Bonchev–Trinajstić information content (AvgIpc) is 3.14.